The zero-order valence-electron chi connectivity index (χ0n) is 12.6. The number of aliphatic imine (C=N–C) groups is 1. The number of nitrogens with two attached hydrogens (primary N) is 1. The highest BCUT2D eigenvalue weighted by molar-refractivity contribution is 5.98. The SMILES string of the molecule is CC1(C)CCCC2(CC1)CN=C(N)N2c1ccccc1. The lowest BCUT2D eigenvalue weighted by atomic mass is 9.83. The van der Waals surface area contributed by atoms with E-state index in [1.54, 1.807) is 0 Å². The van der Waals surface area contributed by atoms with Crippen LogP contribution >= 0.6 is 0 Å². The lowest BCUT2D eigenvalue weighted by Gasteiger charge is -2.39. The van der Waals surface area contributed by atoms with Crippen LogP contribution < -0.4 is 10.6 Å². The number of hydrogen-bond donors (Lipinski definition) is 1. The number of hydrogen-bond acceptors (Lipinski definition) is 3. The average molecular weight is 271 g/mol. The minimum Gasteiger partial charge on any atom is -0.369 e. The summed E-state index contributed by atoms with van der Waals surface area (Å²) in [6.07, 6.45) is 6.18. The standard InChI is InChI=1S/C17H25N3/c1-16(2)9-6-10-17(12-11-16)13-19-15(18)20(17)14-7-4-3-5-8-14/h3-5,7-8H,6,9-13H2,1-2H3,(H2,18,19). The van der Waals surface area contributed by atoms with Crippen LogP contribution in [0.1, 0.15) is 46.0 Å². The summed E-state index contributed by atoms with van der Waals surface area (Å²) in [4.78, 5) is 6.88. The van der Waals surface area contributed by atoms with Gasteiger partial charge in [-0.15, -0.1) is 0 Å². The van der Waals surface area contributed by atoms with Gasteiger partial charge in [-0.2, -0.15) is 0 Å². The van der Waals surface area contributed by atoms with E-state index >= 15 is 0 Å². The zero-order chi connectivity index (χ0) is 14.2. The minimum atomic E-state index is 0.110. The van der Waals surface area contributed by atoms with Crippen molar-refractivity contribution in [2.45, 2.75) is 51.5 Å². The highest BCUT2D eigenvalue weighted by atomic mass is 15.4. The molecular formula is C17H25N3. The molecule has 1 spiro atoms. The second kappa shape index (κ2) is 4.80. The van der Waals surface area contributed by atoms with Gasteiger partial charge in [-0.05, 0) is 43.2 Å². The zero-order valence-corrected chi connectivity index (χ0v) is 12.6. The molecule has 1 aliphatic heterocycles. The van der Waals surface area contributed by atoms with E-state index in [1.165, 1.54) is 37.8 Å². The first-order chi connectivity index (χ1) is 9.53. The second-order valence-corrected chi connectivity index (χ2v) is 7.09. The van der Waals surface area contributed by atoms with Crippen LogP contribution in [0.25, 0.3) is 0 Å². The molecule has 3 heteroatoms. The molecule has 0 bridgehead atoms. The summed E-state index contributed by atoms with van der Waals surface area (Å²) in [6.45, 7) is 5.62. The van der Waals surface area contributed by atoms with Crippen molar-refractivity contribution in [3.05, 3.63) is 30.3 Å². The highest BCUT2D eigenvalue weighted by Gasteiger charge is 2.45. The van der Waals surface area contributed by atoms with Gasteiger partial charge < -0.3 is 10.6 Å². The van der Waals surface area contributed by atoms with Gasteiger partial charge in [0, 0.05) is 5.69 Å². The Morgan fingerprint density at radius 3 is 2.55 bits per heavy atom. The maximum atomic E-state index is 6.21. The average Bonchev–Trinajstić information content (AvgIpc) is 2.66. The van der Waals surface area contributed by atoms with Crippen molar-refractivity contribution in [1.82, 2.24) is 0 Å². The molecule has 0 aromatic heterocycles. The van der Waals surface area contributed by atoms with E-state index in [1.807, 2.05) is 0 Å². The number of guanidine groups is 1. The van der Waals surface area contributed by atoms with Crippen molar-refractivity contribution in [2.24, 2.45) is 16.1 Å². The minimum absolute atomic E-state index is 0.110. The Balaban J connectivity index is 1.93. The van der Waals surface area contributed by atoms with Gasteiger partial charge in [0.25, 0.3) is 0 Å². The van der Waals surface area contributed by atoms with Gasteiger partial charge in [-0.1, -0.05) is 38.5 Å². The summed E-state index contributed by atoms with van der Waals surface area (Å²) in [5.74, 6) is 0.691. The fourth-order valence-electron chi connectivity index (χ4n) is 3.69. The van der Waals surface area contributed by atoms with Crippen molar-refractivity contribution >= 4 is 11.6 Å². The fraction of sp³-hybridized carbons (Fsp3) is 0.588. The van der Waals surface area contributed by atoms with Crippen molar-refractivity contribution < 1.29 is 0 Å². The first-order valence-corrected chi connectivity index (χ1v) is 7.68. The molecule has 3 nitrogen and oxygen atoms in total. The molecule has 0 saturated heterocycles. The highest BCUT2D eigenvalue weighted by Crippen LogP contribution is 2.44. The molecule has 1 aromatic carbocycles. The van der Waals surface area contributed by atoms with Gasteiger partial charge in [0.15, 0.2) is 5.96 Å². The predicted octanol–water partition coefficient (Wildman–Crippen LogP) is 3.55. The van der Waals surface area contributed by atoms with E-state index < -0.39 is 0 Å². The van der Waals surface area contributed by atoms with E-state index in [4.69, 9.17) is 5.73 Å². The van der Waals surface area contributed by atoms with E-state index in [2.05, 4.69) is 54.1 Å². The van der Waals surface area contributed by atoms with Gasteiger partial charge in [0.05, 0.1) is 12.1 Å². The first-order valence-electron chi connectivity index (χ1n) is 7.68. The third-order valence-corrected chi connectivity index (χ3v) is 5.02. The smallest absolute Gasteiger partial charge is 0.196 e. The van der Waals surface area contributed by atoms with Gasteiger partial charge >= 0.3 is 0 Å². The fourth-order valence-corrected chi connectivity index (χ4v) is 3.69. The summed E-state index contributed by atoms with van der Waals surface area (Å²) < 4.78 is 0. The largest absolute Gasteiger partial charge is 0.369 e. The molecule has 1 aromatic rings. The van der Waals surface area contributed by atoms with Gasteiger partial charge in [0.2, 0.25) is 0 Å². The summed E-state index contributed by atoms with van der Waals surface area (Å²) in [5.41, 5.74) is 7.96. The van der Waals surface area contributed by atoms with Crippen LogP contribution in [-0.4, -0.2) is 18.0 Å². The predicted molar refractivity (Wildman–Crippen MR) is 85.0 cm³/mol. The number of nitrogens with zero attached hydrogens (tertiary/aromatic N) is 2. The molecule has 2 aliphatic rings. The number of para-hydroxylation sites is 1. The van der Waals surface area contributed by atoms with Crippen molar-refractivity contribution in [3.8, 4) is 0 Å². The summed E-state index contributed by atoms with van der Waals surface area (Å²) in [5, 5.41) is 0. The van der Waals surface area contributed by atoms with E-state index in [-0.39, 0.29) is 5.54 Å². The number of rotatable bonds is 1. The monoisotopic (exact) mass is 271 g/mol. The topological polar surface area (TPSA) is 41.6 Å². The van der Waals surface area contributed by atoms with Crippen molar-refractivity contribution in [2.75, 3.05) is 11.4 Å². The van der Waals surface area contributed by atoms with E-state index in [9.17, 15) is 0 Å². The van der Waals surface area contributed by atoms with Crippen LogP contribution in [0, 0.1) is 5.41 Å². The third kappa shape index (κ3) is 2.30. The van der Waals surface area contributed by atoms with Crippen LogP contribution in [0.3, 0.4) is 0 Å². The maximum absolute atomic E-state index is 6.21. The Kier molecular flexibility index (Phi) is 3.23. The quantitative estimate of drug-likeness (QED) is 0.848. The third-order valence-electron chi connectivity index (χ3n) is 5.02. The maximum Gasteiger partial charge on any atom is 0.196 e. The molecule has 3 rings (SSSR count). The van der Waals surface area contributed by atoms with E-state index in [0.29, 0.717) is 11.4 Å². The Bertz CT molecular complexity index is 506. The summed E-state index contributed by atoms with van der Waals surface area (Å²) in [7, 11) is 0. The Hall–Kier alpha value is -1.51. The summed E-state index contributed by atoms with van der Waals surface area (Å²) >= 11 is 0. The molecule has 0 amide bonds. The first kappa shape index (κ1) is 13.5. The van der Waals surface area contributed by atoms with Gasteiger partial charge in [-0.3, -0.25) is 4.99 Å². The van der Waals surface area contributed by atoms with Gasteiger partial charge in [0.1, 0.15) is 0 Å². The molecule has 1 fully saturated rings. The van der Waals surface area contributed by atoms with Crippen LogP contribution in [0.4, 0.5) is 5.69 Å². The number of benzene rings is 1. The molecular weight excluding hydrogens is 246 g/mol. The Morgan fingerprint density at radius 1 is 1.05 bits per heavy atom. The number of anilines is 1. The molecule has 1 unspecified atom stereocenters. The molecule has 1 aliphatic carbocycles. The molecule has 0 radical (unpaired) electrons. The van der Waals surface area contributed by atoms with Crippen LogP contribution in [0.2, 0.25) is 0 Å². The Labute approximate surface area is 121 Å². The lowest BCUT2D eigenvalue weighted by Crippen LogP contribution is -2.51. The van der Waals surface area contributed by atoms with Crippen LogP contribution in [0.5, 0.6) is 0 Å². The molecule has 1 atom stereocenters. The lowest BCUT2D eigenvalue weighted by molar-refractivity contribution is 0.302. The van der Waals surface area contributed by atoms with Crippen LogP contribution in [0.15, 0.2) is 35.3 Å². The van der Waals surface area contributed by atoms with Gasteiger partial charge in [-0.25, -0.2) is 0 Å². The molecule has 20 heavy (non-hydrogen) atoms. The molecule has 108 valence electrons. The molecule has 2 N–H and O–H groups in total. The van der Waals surface area contributed by atoms with Crippen molar-refractivity contribution in [3.63, 3.8) is 0 Å². The van der Waals surface area contributed by atoms with Crippen LogP contribution in [-0.2, 0) is 0 Å². The Morgan fingerprint density at radius 2 is 1.80 bits per heavy atom. The normalized spacial score (nSPS) is 29.3. The summed E-state index contributed by atoms with van der Waals surface area (Å²) in [6, 6.07) is 10.5. The second-order valence-electron chi connectivity index (χ2n) is 7.09. The molecule has 1 saturated carbocycles. The van der Waals surface area contributed by atoms with E-state index in [0.717, 1.165) is 6.54 Å². The molecule has 1 heterocycles. The van der Waals surface area contributed by atoms with Crippen molar-refractivity contribution in [1.29, 1.82) is 0 Å².